The van der Waals surface area contributed by atoms with Crippen molar-refractivity contribution in [1.82, 2.24) is 4.57 Å². The van der Waals surface area contributed by atoms with E-state index in [2.05, 4.69) is 280 Å². The average Bonchev–Trinajstić information content (AvgIpc) is 3.62. The second-order valence-electron chi connectivity index (χ2n) is 27.3. The lowest BCUT2D eigenvalue weighted by atomic mass is 9.78. The predicted octanol–water partition coefficient (Wildman–Crippen LogP) is 20.6. The molecule has 0 bridgehead atoms. The van der Waals surface area contributed by atoms with Crippen molar-refractivity contribution in [2.45, 2.75) is 157 Å². The molecular formula is C70H78N2. The first-order valence-corrected chi connectivity index (χ1v) is 26.5. The van der Waals surface area contributed by atoms with Crippen LogP contribution in [-0.2, 0) is 32.5 Å². The van der Waals surface area contributed by atoms with Crippen LogP contribution >= 0.6 is 0 Å². The van der Waals surface area contributed by atoms with E-state index in [1.54, 1.807) is 0 Å². The minimum atomic E-state index is -0.0498. The lowest BCUT2D eigenvalue weighted by Crippen LogP contribution is -2.18. The predicted molar refractivity (Wildman–Crippen MR) is 317 cm³/mol. The second kappa shape index (κ2) is 16.6. The van der Waals surface area contributed by atoms with Gasteiger partial charge in [-0.05, 0) is 154 Å². The Labute approximate surface area is 431 Å². The van der Waals surface area contributed by atoms with Gasteiger partial charge in [-0.25, -0.2) is 0 Å². The normalized spacial score (nSPS) is 13.4. The van der Waals surface area contributed by atoms with Crippen LogP contribution < -0.4 is 4.90 Å². The van der Waals surface area contributed by atoms with Gasteiger partial charge in [0, 0.05) is 32.8 Å². The van der Waals surface area contributed by atoms with Gasteiger partial charge in [0.2, 0.25) is 0 Å². The zero-order valence-corrected chi connectivity index (χ0v) is 46.8. The molecule has 0 spiro atoms. The highest BCUT2D eigenvalue weighted by molar-refractivity contribution is 6.27. The van der Waals surface area contributed by atoms with Crippen molar-refractivity contribution >= 4 is 71.2 Å². The standard InChI is InChI=1S/C70H78N2/c1-65(2,3)46-23-28-52(29-24-46)71(60-34-25-47(66(4,5)6)40-55(60)45-37-50(69(13,14)15)39-51(38-45)70(16,17)18)58-32-21-43-20-31-54-59(33-22-44-19-30-53(58)63(43)64(44)54)72-61-35-26-48(67(7,8)9)41-56(61)57-42-49(68(10,11)12)27-36-62(57)72/h19-42H,1-18H3. The second-order valence-corrected chi connectivity index (χ2v) is 27.3. The molecule has 0 aliphatic heterocycles. The lowest BCUT2D eigenvalue weighted by molar-refractivity contribution is 0.569. The number of aromatic nitrogens is 1. The maximum absolute atomic E-state index is 2.56. The van der Waals surface area contributed by atoms with Gasteiger partial charge in [0.15, 0.2) is 0 Å². The third kappa shape index (κ3) is 8.57. The Morgan fingerprint density at radius 2 is 0.708 bits per heavy atom. The monoisotopic (exact) mass is 947 g/mol. The molecule has 72 heavy (non-hydrogen) atoms. The molecule has 0 unspecified atom stereocenters. The molecule has 2 nitrogen and oxygen atoms in total. The number of rotatable bonds is 5. The third-order valence-corrected chi connectivity index (χ3v) is 15.7. The Kier molecular flexibility index (Phi) is 11.3. The van der Waals surface area contributed by atoms with Crippen molar-refractivity contribution in [3.8, 4) is 16.8 Å². The molecule has 0 saturated carbocycles. The van der Waals surface area contributed by atoms with Crippen LogP contribution in [0.3, 0.4) is 0 Å². The first kappa shape index (κ1) is 49.2. The van der Waals surface area contributed by atoms with Crippen LogP contribution in [0.15, 0.2) is 146 Å². The van der Waals surface area contributed by atoms with Crippen LogP contribution in [-0.4, -0.2) is 4.57 Å². The van der Waals surface area contributed by atoms with Crippen molar-refractivity contribution in [2.24, 2.45) is 0 Å². The average molecular weight is 947 g/mol. The molecule has 0 N–H and O–H groups in total. The molecule has 0 aliphatic carbocycles. The summed E-state index contributed by atoms with van der Waals surface area (Å²) in [4.78, 5) is 2.56. The summed E-state index contributed by atoms with van der Waals surface area (Å²) in [7, 11) is 0. The van der Waals surface area contributed by atoms with Crippen molar-refractivity contribution in [2.75, 3.05) is 4.90 Å². The number of anilines is 3. The van der Waals surface area contributed by atoms with Gasteiger partial charge in [-0.15, -0.1) is 0 Å². The van der Waals surface area contributed by atoms with Gasteiger partial charge in [-0.2, -0.15) is 0 Å². The van der Waals surface area contributed by atoms with Crippen LogP contribution in [0.5, 0.6) is 0 Å². The zero-order chi connectivity index (χ0) is 51.8. The quantitative estimate of drug-likeness (QED) is 0.156. The van der Waals surface area contributed by atoms with Crippen LogP contribution in [0, 0.1) is 0 Å². The molecule has 0 saturated heterocycles. The SMILES string of the molecule is CC(C)(C)c1ccc(N(c2ccc(C(C)(C)C)cc2-c2cc(C(C)(C)C)cc(C(C)(C)C)c2)c2ccc3ccc4c(-n5c6ccc(C(C)(C)C)cc6c6cc(C(C)(C)C)ccc65)ccc5ccc2c3c54)cc1. The van der Waals surface area contributed by atoms with Gasteiger partial charge in [0.25, 0.3) is 0 Å². The van der Waals surface area contributed by atoms with E-state index in [4.69, 9.17) is 0 Å². The minimum Gasteiger partial charge on any atom is -0.309 e. The van der Waals surface area contributed by atoms with Crippen LogP contribution in [0.25, 0.3) is 70.9 Å². The van der Waals surface area contributed by atoms with Gasteiger partial charge in [-0.1, -0.05) is 210 Å². The first-order valence-electron chi connectivity index (χ1n) is 26.5. The number of benzene rings is 9. The molecule has 9 aromatic carbocycles. The van der Waals surface area contributed by atoms with E-state index in [1.807, 2.05) is 0 Å². The summed E-state index contributed by atoms with van der Waals surface area (Å²) >= 11 is 0. The molecule has 1 heterocycles. The topological polar surface area (TPSA) is 8.17 Å². The number of fused-ring (bicyclic) bond motifs is 3. The maximum Gasteiger partial charge on any atom is 0.0541 e. The fraction of sp³-hybridized carbons (Fsp3) is 0.343. The van der Waals surface area contributed by atoms with Gasteiger partial charge in [0.05, 0.1) is 28.1 Å². The Morgan fingerprint density at radius 3 is 1.21 bits per heavy atom. The number of hydrogen-bond donors (Lipinski definition) is 0. The summed E-state index contributed by atoms with van der Waals surface area (Å²) in [6, 6.07) is 57.3. The molecule has 1 aromatic heterocycles. The maximum atomic E-state index is 2.56. The minimum absolute atomic E-state index is 0.0183. The molecule has 0 aliphatic rings. The molecule has 0 radical (unpaired) electrons. The van der Waals surface area contributed by atoms with E-state index in [1.165, 1.54) is 116 Å². The fourth-order valence-electron chi connectivity index (χ4n) is 11.0. The third-order valence-electron chi connectivity index (χ3n) is 15.7. The van der Waals surface area contributed by atoms with Crippen LogP contribution in [0.1, 0.15) is 158 Å². The zero-order valence-electron chi connectivity index (χ0n) is 46.8. The molecule has 368 valence electrons. The van der Waals surface area contributed by atoms with Crippen molar-refractivity contribution in [3.05, 3.63) is 179 Å². The highest BCUT2D eigenvalue weighted by Gasteiger charge is 2.28. The number of nitrogens with zero attached hydrogens (tertiary/aromatic N) is 2. The molecule has 2 heteroatoms. The summed E-state index contributed by atoms with van der Waals surface area (Å²) in [6.07, 6.45) is 0. The van der Waals surface area contributed by atoms with Gasteiger partial charge < -0.3 is 9.47 Å². The summed E-state index contributed by atoms with van der Waals surface area (Å²) in [5.41, 5.74) is 17.6. The summed E-state index contributed by atoms with van der Waals surface area (Å²) in [5, 5.41) is 10.2. The van der Waals surface area contributed by atoms with Crippen LogP contribution in [0.2, 0.25) is 0 Å². The Bertz CT molecular complexity index is 3610. The smallest absolute Gasteiger partial charge is 0.0541 e. The van der Waals surface area contributed by atoms with E-state index in [9.17, 15) is 0 Å². The van der Waals surface area contributed by atoms with Crippen molar-refractivity contribution < 1.29 is 0 Å². The Balaban J connectivity index is 1.28. The summed E-state index contributed by atoms with van der Waals surface area (Å²) in [5.74, 6) is 0. The molecule has 0 fully saturated rings. The Hall–Kier alpha value is -6.38. The van der Waals surface area contributed by atoms with Gasteiger partial charge in [-0.3, -0.25) is 0 Å². The number of hydrogen-bond acceptors (Lipinski definition) is 1. The lowest BCUT2D eigenvalue weighted by Gasteiger charge is -2.32. The molecule has 10 aromatic rings. The molecule has 0 atom stereocenters. The Morgan fingerprint density at radius 1 is 0.306 bits per heavy atom. The van der Waals surface area contributed by atoms with E-state index < -0.39 is 0 Å². The first-order chi connectivity index (χ1) is 33.5. The van der Waals surface area contributed by atoms with E-state index in [-0.39, 0.29) is 32.5 Å². The largest absolute Gasteiger partial charge is 0.309 e. The highest BCUT2D eigenvalue weighted by Crippen LogP contribution is 2.50. The molecule has 10 rings (SSSR count). The van der Waals surface area contributed by atoms with E-state index >= 15 is 0 Å². The highest BCUT2D eigenvalue weighted by atomic mass is 15.1. The van der Waals surface area contributed by atoms with E-state index in [0.29, 0.717) is 0 Å². The molecule has 0 amide bonds. The fourth-order valence-corrected chi connectivity index (χ4v) is 11.0. The van der Waals surface area contributed by atoms with Gasteiger partial charge >= 0.3 is 0 Å². The van der Waals surface area contributed by atoms with E-state index in [0.717, 1.165) is 5.69 Å². The summed E-state index contributed by atoms with van der Waals surface area (Å²) < 4.78 is 2.54. The van der Waals surface area contributed by atoms with Gasteiger partial charge in [0.1, 0.15) is 0 Å². The van der Waals surface area contributed by atoms with Crippen molar-refractivity contribution in [1.29, 1.82) is 0 Å². The van der Waals surface area contributed by atoms with Crippen molar-refractivity contribution in [3.63, 3.8) is 0 Å². The molecular weight excluding hydrogens is 869 g/mol. The summed E-state index contributed by atoms with van der Waals surface area (Å²) in [6.45, 7) is 41.9. The van der Waals surface area contributed by atoms with Crippen LogP contribution in [0.4, 0.5) is 17.1 Å².